The molecule has 2 heterocycles. The molecule has 1 aromatic heterocycles. The SMILES string of the molecule is CC(OC(=O)Cn1c(=O)[nH]c(=O)c2ccccc21)C(=O)N1CCN(c2ccccc2O)CC1. The molecule has 1 atom stereocenters. The summed E-state index contributed by atoms with van der Waals surface area (Å²) in [4.78, 5) is 55.2. The number of benzene rings is 2. The molecule has 1 saturated heterocycles. The van der Waals surface area contributed by atoms with Crippen LogP contribution < -0.4 is 16.1 Å². The average Bonchev–Trinajstić information content (AvgIpc) is 2.81. The number of esters is 1. The summed E-state index contributed by atoms with van der Waals surface area (Å²) in [6, 6.07) is 13.5. The number of aromatic amines is 1. The first-order chi connectivity index (χ1) is 15.8. The third kappa shape index (κ3) is 4.59. The minimum absolute atomic E-state index is 0.185. The van der Waals surface area contributed by atoms with E-state index in [1.807, 2.05) is 17.0 Å². The fourth-order valence-corrected chi connectivity index (χ4v) is 3.97. The molecule has 2 aromatic carbocycles. The Kier molecular flexibility index (Phi) is 6.16. The number of hydrogen-bond acceptors (Lipinski definition) is 7. The summed E-state index contributed by atoms with van der Waals surface area (Å²) in [5.41, 5.74) is -0.244. The molecule has 1 fully saturated rings. The van der Waals surface area contributed by atoms with Crippen LogP contribution in [0, 0.1) is 0 Å². The van der Waals surface area contributed by atoms with Crippen LogP contribution in [0.3, 0.4) is 0 Å². The second kappa shape index (κ2) is 9.19. The lowest BCUT2D eigenvalue weighted by Crippen LogP contribution is -2.51. The summed E-state index contributed by atoms with van der Waals surface area (Å²) in [5, 5.41) is 10.3. The number of anilines is 1. The molecule has 1 aliphatic heterocycles. The molecule has 3 aromatic rings. The van der Waals surface area contributed by atoms with E-state index in [0.717, 1.165) is 4.57 Å². The van der Waals surface area contributed by atoms with E-state index in [-0.39, 0.29) is 17.0 Å². The van der Waals surface area contributed by atoms with Gasteiger partial charge in [-0.15, -0.1) is 0 Å². The molecule has 1 amide bonds. The van der Waals surface area contributed by atoms with E-state index in [1.165, 1.54) is 6.92 Å². The first-order valence-corrected chi connectivity index (χ1v) is 10.6. The van der Waals surface area contributed by atoms with Crippen molar-refractivity contribution in [3.8, 4) is 5.75 Å². The van der Waals surface area contributed by atoms with Crippen LogP contribution in [0.5, 0.6) is 5.75 Å². The number of nitrogens with one attached hydrogen (secondary N) is 1. The zero-order chi connectivity index (χ0) is 23.5. The molecule has 0 bridgehead atoms. The van der Waals surface area contributed by atoms with Crippen LogP contribution in [0.25, 0.3) is 10.9 Å². The van der Waals surface area contributed by atoms with Crippen molar-refractivity contribution in [2.75, 3.05) is 31.1 Å². The van der Waals surface area contributed by atoms with E-state index in [0.29, 0.717) is 37.4 Å². The molecule has 2 N–H and O–H groups in total. The smallest absolute Gasteiger partial charge is 0.329 e. The molecule has 33 heavy (non-hydrogen) atoms. The van der Waals surface area contributed by atoms with Gasteiger partial charge in [-0.2, -0.15) is 0 Å². The van der Waals surface area contributed by atoms with Gasteiger partial charge in [0.05, 0.1) is 16.6 Å². The van der Waals surface area contributed by atoms with E-state index >= 15 is 0 Å². The maximum Gasteiger partial charge on any atom is 0.329 e. The third-order valence-electron chi connectivity index (χ3n) is 5.66. The summed E-state index contributed by atoms with van der Waals surface area (Å²) >= 11 is 0. The fourth-order valence-electron chi connectivity index (χ4n) is 3.97. The largest absolute Gasteiger partial charge is 0.506 e. The summed E-state index contributed by atoms with van der Waals surface area (Å²) in [7, 11) is 0. The number of hydrogen-bond donors (Lipinski definition) is 2. The lowest BCUT2D eigenvalue weighted by molar-refractivity contribution is -0.159. The first-order valence-electron chi connectivity index (χ1n) is 10.6. The topological polar surface area (TPSA) is 125 Å². The second-order valence-corrected chi connectivity index (χ2v) is 7.80. The number of H-pyrrole nitrogens is 1. The van der Waals surface area contributed by atoms with E-state index in [9.17, 15) is 24.3 Å². The molecule has 1 aliphatic rings. The zero-order valence-electron chi connectivity index (χ0n) is 18.1. The van der Waals surface area contributed by atoms with Gasteiger partial charge in [0.2, 0.25) is 0 Å². The van der Waals surface area contributed by atoms with Gasteiger partial charge in [-0.3, -0.25) is 23.9 Å². The predicted octanol–water partition coefficient (Wildman–Crippen LogP) is 0.676. The monoisotopic (exact) mass is 452 g/mol. The molecule has 10 heteroatoms. The normalized spacial score (nSPS) is 14.8. The van der Waals surface area contributed by atoms with Crippen molar-refractivity contribution in [3.05, 3.63) is 69.4 Å². The fraction of sp³-hybridized carbons (Fsp3) is 0.304. The van der Waals surface area contributed by atoms with Gasteiger partial charge in [-0.05, 0) is 31.2 Å². The number of amides is 1. The van der Waals surface area contributed by atoms with Crippen molar-refractivity contribution < 1.29 is 19.4 Å². The number of carbonyl (C=O) groups is 2. The van der Waals surface area contributed by atoms with Crippen LogP contribution in [-0.4, -0.2) is 63.7 Å². The Morgan fingerprint density at radius 2 is 1.70 bits per heavy atom. The summed E-state index contributed by atoms with van der Waals surface area (Å²) in [6.45, 7) is 2.95. The number of nitrogens with zero attached hydrogens (tertiary/aromatic N) is 3. The van der Waals surface area contributed by atoms with Crippen molar-refractivity contribution in [2.45, 2.75) is 19.6 Å². The average molecular weight is 452 g/mol. The molecular weight excluding hydrogens is 428 g/mol. The highest BCUT2D eigenvalue weighted by Gasteiger charge is 2.28. The van der Waals surface area contributed by atoms with Crippen LogP contribution in [-0.2, 0) is 20.9 Å². The molecule has 172 valence electrons. The molecule has 10 nitrogen and oxygen atoms in total. The highest BCUT2D eigenvalue weighted by molar-refractivity contribution is 5.84. The number of ether oxygens (including phenoxy) is 1. The standard InChI is InChI=1S/C23H24N4O6/c1-15(22(31)26-12-10-25(11-13-26)18-8-4-5-9-19(18)28)33-20(29)14-27-17-7-3-2-6-16(17)21(30)24-23(27)32/h2-9,15,28H,10-14H2,1H3,(H,24,30,32). The minimum Gasteiger partial charge on any atom is -0.506 e. The third-order valence-corrected chi connectivity index (χ3v) is 5.66. The highest BCUT2D eigenvalue weighted by Crippen LogP contribution is 2.27. The van der Waals surface area contributed by atoms with Crippen LogP contribution in [0.4, 0.5) is 5.69 Å². The van der Waals surface area contributed by atoms with Crippen LogP contribution in [0.2, 0.25) is 0 Å². The number of para-hydroxylation sites is 3. The number of aromatic hydroxyl groups is 1. The Morgan fingerprint density at radius 1 is 1.03 bits per heavy atom. The quantitative estimate of drug-likeness (QED) is 0.545. The number of piperazine rings is 1. The number of phenols is 1. The van der Waals surface area contributed by atoms with Gasteiger partial charge in [0.1, 0.15) is 12.3 Å². The molecule has 0 aliphatic carbocycles. The summed E-state index contributed by atoms with van der Waals surface area (Å²) < 4.78 is 6.41. The van der Waals surface area contributed by atoms with Crippen molar-refractivity contribution in [1.29, 1.82) is 0 Å². The maximum atomic E-state index is 12.8. The Balaban J connectivity index is 1.38. The molecular formula is C23H24N4O6. The van der Waals surface area contributed by atoms with Crippen molar-refractivity contribution in [1.82, 2.24) is 14.5 Å². The minimum atomic E-state index is -1.03. The Hall–Kier alpha value is -4.08. The van der Waals surface area contributed by atoms with Crippen LogP contribution in [0.1, 0.15) is 6.92 Å². The van der Waals surface area contributed by atoms with Crippen molar-refractivity contribution in [3.63, 3.8) is 0 Å². The van der Waals surface area contributed by atoms with Crippen molar-refractivity contribution in [2.24, 2.45) is 0 Å². The van der Waals surface area contributed by atoms with Gasteiger partial charge in [0.25, 0.3) is 11.5 Å². The number of aromatic nitrogens is 2. The second-order valence-electron chi connectivity index (χ2n) is 7.80. The molecule has 1 unspecified atom stereocenters. The number of phenolic OH excluding ortho intramolecular Hbond substituents is 1. The molecule has 4 rings (SSSR count). The van der Waals surface area contributed by atoms with E-state index in [1.54, 1.807) is 41.3 Å². The highest BCUT2D eigenvalue weighted by atomic mass is 16.5. The van der Waals surface area contributed by atoms with Crippen molar-refractivity contribution >= 4 is 28.5 Å². The number of carbonyl (C=O) groups excluding carboxylic acids is 2. The Labute approximate surface area is 188 Å². The summed E-state index contributed by atoms with van der Waals surface area (Å²) in [6.07, 6.45) is -1.03. The van der Waals surface area contributed by atoms with Gasteiger partial charge in [-0.25, -0.2) is 4.79 Å². The Bertz CT molecular complexity index is 1310. The lowest BCUT2D eigenvalue weighted by Gasteiger charge is -2.37. The predicted molar refractivity (Wildman–Crippen MR) is 121 cm³/mol. The van der Waals surface area contributed by atoms with Gasteiger partial charge in [0.15, 0.2) is 6.10 Å². The van der Waals surface area contributed by atoms with Crippen LogP contribution in [0.15, 0.2) is 58.1 Å². The van der Waals surface area contributed by atoms with E-state index in [4.69, 9.17) is 4.74 Å². The molecule has 0 spiro atoms. The molecule has 0 saturated carbocycles. The van der Waals surface area contributed by atoms with Gasteiger partial charge >= 0.3 is 11.7 Å². The van der Waals surface area contributed by atoms with E-state index in [2.05, 4.69) is 4.98 Å². The first kappa shape index (κ1) is 22.1. The molecule has 0 radical (unpaired) electrons. The summed E-state index contributed by atoms with van der Waals surface area (Å²) in [5.74, 6) is -0.911. The van der Waals surface area contributed by atoms with Gasteiger partial charge < -0.3 is 19.6 Å². The lowest BCUT2D eigenvalue weighted by atomic mass is 10.2. The zero-order valence-corrected chi connectivity index (χ0v) is 18.1. The van der Waals surface area contributed by atoms with Crippen LogP contribution >= 0.6 is 0 Å². The van der Waals surface area contributed by atoms with E-state index < -0.39 is 29.9 Å². The van der Waals surface area contributed by atoms with Gasteiger partial charge in [-0.1, -0.05) is 24.3 Å². The Morgan fingerprint density at radius 3 is 2.42 bits per heavy atom. The number of rotatable bonds is 5. The maximum absolute atomic E-state index is 12.8. The number of fused-ring (bicyclic) bond motifs is 1. The van der Waals surface area contributed by atoms with Gasteiger partial charge in [0, 0.05) is 26.2 Å².